The Morgan fingerprint density at radius 1 is 0.941 bits per heavy atom. The van der Waals surface area contributed by atoms with E-state index in [1.54, 1.807) is 19.1 Å². The maximum atomic E-state index is 13.1. The number of anilines is 1. The van der Waals surface area contributed by atoms with Gasteiger partial charge >= 0.3 is 0 Å². The summed E-state index contributed by atoms with van der Waals surface area (Å²) >= 11 is 0. The van der Waals surface area contributed by atoms with Crippen LogP contribution in [0.1, 0.15) is 18.2 Å². The van der Waals surface area contributed by atoms with Crippen LogP contribution in [0, 0.1) is 0 Å². The lowest BCUT2D eigenvalue weighted by Crippen LogP contribution is -2.25. The maximum Gasteiger partial charge on any atom is 0.227 e. The summed E-state index contributed by atoms with van der Waals surface area (Å²) in [6, 6.07) is 23.3. The van der Waals surface area contributed by atoms with E-state index in [-0.39, 0.29) is 11.8 Å². The quantitative estimate of drug-likeness (QED) is 0.385. The molecule has 1 fully saturated rings. The molecule has 0 radical (unpaired) electrons. The highest BCUT2D eigenvalue weighted by Gasteiger charge is 2.36. The Bertz CT molecular complexity index is 1300. The zero-order chi connectivity index (χ0) is 23.5. The summed E-state index contributed by atoms with van der Waals surface area (Å²) < 4.78 is 19.0. The van der Waals surface area contributed by atoms with Gasteiger partial charge in [-0.15, -0.1) is 0 Å². The van der Waals surface area contributed by atoms with Crippen molar-refractivity contribution in [2.24, 2.45) is 0 Å². The van der Waals surface area contributed by atoms with Gasteiger partial charge in [0.15, 0.2) is 0 Å². The summed E-state index contributed by atoms with van der Waals surface area (Å²) in [6.07, 6.45) is 0.378. The number of rotatable bonds is 8. The Morgan fingerprint density at radius 2 is 1.74 bits per heavy atom. The van der Waals surface area contributed by atoms with Crippen molar-refractivity contribution in [3.8, 4) is 17.2 Å². The van der Waals surface area contributed by atoms with E-state index in [4.69, 9.17) is 19.2 Å². The maximum absolute atomic E-state index is 13.1. The fraction of sp³-hybridized carbons (Fsp3) is 0.259. The molecule has 0 saturated carbocycles. The van der Waals surface area contributed by atoms with Crippen LogP contribution in [0.3, 0.4) is 0 Å². The average Bonchev–Trinajstić information content (AvgIpc) is 3.44. The largest absolute Gasteiger partial charge is 0.497 e. The number of amides is 1. The third-order valence-corrected chi connectivity index (χ3v) is 6.18. The molecule has 1 atom stereocenters. The van der Waals surface area contributed by atoms with Crippen molar-refractivity contribution < 1.29 is 19.0 Å². The molecule has 3 aromatic carbocycles. The number of ether oxygens (including phenoxy) is 3. The van der Waals surface area contributed by atoms with Crippen LogP contribution in [-0.2, 0) is 11.3 Å². The highest BCUT2D eigenvalue weighted by molar-refractivity contribution is 5.98. The summed E-state index contributed by atoms with van der Waals surface area (Å²) in [4.78, 5) is 19.8. The van der Waals surface area contributed by atoms with Gasteiger partial charge in [0.2, 0.25) is 5.91 Å². The van der Waals surface area contributed by atoms with Gasteiger partial charge < -0.3 is 23.7 Å². The number of carbonyl (C=O) groups excluding carboxylic acids is 1. The van der Waals surface area contributed by atoms with Crippen LogP contribution in [0.4, 0.5) is 5.69 Å². The Hall–Kier alpha value is -4.00. The van der Waals surface area contributed by atoms with Gasteiger partial charge in [0, 0.05) is 24.9 Å². The third kappa shape index (κ3) is 4.17. The molecule has 174 valence electrons. The Balaban J connectivity index is 1.43. The summed E-state index contributed by atoms with van der Waals surface area (Å²) in [7, 11) is 3.22. The first-order valence-electron chi connectivity index (χ1n) is 11.3. The number of benzene rings is 3. The second-order valence-corrected chi connectivity index (χ2v) is 8.22. The molecule has 7 heteroatoms. The van der Waals surface area contributed by atoms with Crippen LogP contribution in [0.15, 0.2) is 72.8 Å². The van der Waals surface area contributed by atoms with E-state index in [0.29, 0.717) is 43.3 Å². The molecule has 0 bridgehead atoms. The minimum absolute atomic E-state index is 0.0377. The van der Waals surface area contributed by atoms with Gasteiger partial charge in [-0.25, -0.2) is 4.98 Å². The van der Waals surface area contributed by atoms with Gasteiger partial charge in [-0.05, 0) is 36.4 Å². The van der Waals surface area contributed by atoms with Gasteiger partial charge in [-0.2, -0.15) is 0 Å². The van der Waals surface area contributed by atoms with E-state index >= 15 is 0 Å². The molecule has 2 heterocycles. The monoisotopic (exact) mass is 457 g/mol. The molecule has 1 aromatic heterocycles. The average molecular weight is 458 g/mol. The van der Waals surface area contributed by atoms with Crippen molar-refractivity contribution in [2.45, 2.75) is 18.9 Å². The summed E-state index contributed by atoms with van der Waals surface area (Å²) in [5.74, 6) is 3.04. The normalized spacial score (nSPS) is 15.6. The molecule has 1 aliphatic heterocycles. The highest BCUT2D eigenvalue weighted by Crippen LogP contribution is 2.39. The Labute approximate surface area is 198 Å². The van der Waals surface area contributed by atoms with Crippen molar-refractivity contribution in [2.75, 3.05) is 32.3 Å². The second-order valence-electron chi connectivity index (χ2n) is 8.22. The van der Waals surface area contributed by atoms with E-state index in [2.05, 4.69) is 10.6 Å². The van der Waals surface area contributed by atoms with Gasteiger partial charge in [0.25, 0.3) is 0 Å². The molecule has 1 saturated heterocycles. The number of hydrogen-bond acceptors (Lipinski definition) is 5. The number of nitrogens with zero attached hydrogens (tertiary/aromatic N) is 3. The standard InChI is InChI=1S/C27H27N3O4/c1-32-21-12-13-25(33-2)24(17-21)30-18-19(16-26(30)31)27-28-22-10-6-7-11-23(22)29(27)14-15-34-20-8-4-3-5-9-20/h3-13,17,19H,14-16,18H2,1-2H3. The SMILES string of the molecule is COc1ccc(OC)c(N2CC(c3nc4ccccc4n3CCOc3ccccc3)CC2=O)c1. The Kier molecular flexibility index (Phi) is 6.08. The van der Waals surface area contributed by atoms with Crippen molar-refractivity contribution in [1.29, 1.82) is 0 Å². The second kappa shape index (κ2) is 9.47. The first-order valence-corrected chi connectivity index (χ1v) is 11.3. The zero-order valence-corrected chi connectivity index (χ0v) is 19.3. The molecular formula is C27H27N3O4. The summed E-state index contributed by atoms with van der Waals surface area (Å²) in [6.45, 7) is 1.66. The molecule has 5 rings (SSSR count). The van der Waals surface area contributed by atoms with E-state index < -0.39 is 0 Å². The van der Waals surface area contributed by atoms with Gasteiger partial charge in [-0.1, -0.05) is 30.3 Å². The van der Waals surface area contributed by atoms with Gasteiger partial charge in [0.05, 0.1) is 37.5 Å². The lowest BCUT2D eigenvalue weighted by molar-refractivity contribution is -0.117. The third-order valence-electron chi connectivity index (χ3n) is 6.18. The number of fused-ring (bicyclic) bond motifs is 1. The van der Waals surface area contributed by atoms with Crippen molar-refractivity contribution in [3.05, 3.63) is 78.6 Å². The summed E-state index contributed by atoms with van der Waals surface area (Å²) in [5, 5.41) is 0. The van der Waals surface area contributed by atoms with Gasteiger partial charge in [-0.3, -0.25) is 4.79 Å². The van der Waals surface area contributed by atoms with Crippen LogP contribution in [0.2, 0.25) is 0 Å². The van der Waals surface area contributed by atoms with Crippen molar-refractivity contribution in [3.63, 3.8) is 0 Å². The minimum Gasteiger partial charge on any atom is -0.497 e. The lowest BCUT2D eigenvalue weighted by Gasteiger charge is -2.20. The lowest BCUT2D eigenvalue weighted by atomic mass is 10.1. The smallest absolute Gasteiger partial charge is 0.227 e. The number of carbonyl (C=O) groups is 1. The molecule has 7 nitrogen and oxygen atoms in total. The van der Waals surface area contributed by atoms with E-state index in [1.807, 2.05) is 66.7 Å². The fourth-order valence-electron chi connectivity index (χ4n) is 4.53. The molecule has 1 unspecified atom stereocenters. The van der Waals surface area contributed by atoms with Crippen LogP contribution in [-0.4, -0.2) is 42.8 Å². The number of aromatic nitrogens is 2. The van der Waals surface area contributed by atoms with Crippen LogP contribution >= 0.6 is 0 Å². The number of para-hydroxylation sites is 3. The van der Waals surface area contributed by atoms with E-state index in [9.17, 15) is 4.79 Å². The van der Waals surface area contributed by atoms with Crippen LogP contribution < -0.4 is 19.1 Å². The molecule has 0 aliphatic carbocycles. The molecule has 34 heavy (non-hydrogen) atoms. The molecular weight excluding hydrogens is 430 g/mol. The zero-order valence-electron chi connectivity index (χ0n) is 19.3. The molecule has 0 N–H and O–H groups in total. The predicted octanol–water partition coefficient (Wildman–Crippen LogP) is 4.65. The van der Waals surface area contributed by atoms with Crippen LogP contribution in [0.25, 0.3) is 11.0 Å². The highest BCUT2D eigenvalue weighted by atomic mass is 16.5. The van der Waals surface area contributed by atoms with Crippen LogP contribution in [0.5, 0.6) is 17.2 Å². The van der Waals surface area contributed by atoms with Crippen molar-refractivity contribution in [1.82, 2.24) is 9.55 Å². The molecule has 1 aliphatic rings. The van der Waals surface area contributed by atoms with Crippen molar-refractivity contribution >= 4 is 22.6 Å². The predicted molar refractivity (Wildman–Crippen MR) is 131 cm³/mol. The number of methoxy groups -OCH3 is 2. The topological polar surface area (TPSA) is 65.8 Å². The van der Waals surface area contributed by atoms with E-state index in [0.717, 1.165) is 22.6 Å². The summed E-state index contributed by atoms with van der Waals surface area (Å²) in [5.41, 5.74) is 2.67. The number of hydrogen-bond donors (Lipinski definition) is 0. The molecule has 4 aromatic rings. The Morgan fingerprint density at radius 3 is 2.53 bits per heavy atom. The molecule has 1 amide bonds. The van der Waals surface area contributed by atoms with E-state index in [1.165, 1.54) is 0 Å². The first-order chi connectivity index (χ1) is 16.7. The number of imidazole rings is 1. The minimum atomic E-state index is -0.0486. The molecule has 0 spiro atoms. The fourth-order valence-corrected chi connectivity index (χ4v) is 4.53. The first kappa shape index (κ1) is 21.8. The van der Waals surface area contributed by atoms with Gasteiger partial charge in [0.1, 0.15) is 29.7 Å².